The molecule has 6 N–H and O–H groups in total. The van der Waals surface area contributed by atoms with Gasteiger partial charge in [-0.3, -0.25) is 8.78 Å². The summed E-state index contributed by atoms with van der Waals surface area (Å²) in [5.74, 6) is -1.88. The van der Waals surface area contributed by atoms with Crippen molar-refractivity contribution in [3.8, 4) is 17.1 Å². The number of hydrogen-bond acceptors (Lipinski definition) is 12. The third-order valence-corrected chi connectivity index (χ3v) is 9.40. The molecule has 16 heteroatoms. The molecule has 12 nitrogen and oxygen atoms in total. The molecule has 0 saturated carbocycles. The lowest BCUT2D eigenvalue weighted by atomic mass is 10.0. The lowest BCUT2D eigenvalue weighted by molar-refractivity contribution is -0.446. The van der Waals surface area contributed by atoms with Crippen LogP contribution in [0.2, 0.25) is 0 Å². The molecule has 1 saturated heterocycles. The van der Waals surface area contributed by atoms with Crippen molar-refractivity contribution in [1.29, 1.82) is 0 Å². The minimum Gasteiger partial charge on any atom is -0.386 e. The van der Waals surface area contributed by atoms with Crippen LogP contribution in [0.25, 0.3) is 28.1 Å². The van der Waals surface area contributed by atoms with E-state index in [1.807, 2.05) is 18.3 Å². The number of nitrogens with one attached hydrogen (secondary N) is 1. The van der Waals surface area contributed by atoms with Gasteiger partial charge in [-0.25, -0.2) is 14.4 Å². The van der Waals surface area contributed by atoms with Gasteiger partial charge >= 0.3 is 6.10 Å². The molecule has 1 fully saturated rings. The standard InChI is InChI=1S/C27H32BFN6O6S2/c1-30-22-6-4-17(13-20(22)29)21-7-5-19-18(3-2-8-33-9-11-43(41)12-10-33)14-34(25(19)31-21)23-16-42-24(32-23)15-35(26(28,36)37)27(38,39)40/h4-7,13-14,16,30,36-40H,2-3,8-12,15H2,1H3. The third kappa shape index (κ3) is 7.30. The normalized spacial score (nSPS) is 15.5. The summed E-state index contributed by atoms with van der Waals surface area (Å²) >= 11 is 1.07. The number of aliphatic hydroxyl groups is 5. The smallest absolute Gasteiger partial charge is 0.349 e. The lowest BCUT2D eigenvalue weighted by Crippen LogP contribution is -2.61. The van der Waals surface area contributed by atoms with Crippen LogP contribution in [-0.2, 0) is 23.8 Å². The summed E-state index contributed by atoms with van der Waals surface area (Å²) in [6, 6.07) is 8.58. The first-order valence-corrected chi connectivity index (χ1v) is 15.9. The van der Waals surface area contributed by atoms with E-state index < -0.39 is 35.1 Å². The second-order valence-corrected chi connectivity index (χ2v) is 12.9. The number of aryl methyl sites for hydroxylation is 1. The highest BCUT2D eigenvalue weighted by molar-refractivity contribution is 7.85. The Balaban J connectivity index is 1.48. The van der Waals surface area contributed by atoms with Gasteiger partial charge in [0, 0.05) is 65.0 Å². The highest BCUT2D eigenvalue weighted by Crippen LogP contribution is 2.30. The van der Waals surface area contributed by atoms with E-state index in [2.05, 4.69) is 15.2 Å². The molecule has 5 rings (SSSR count). The Labute approximate surface area is 254 Å². The van der Waals surface area contributed by atoms with E-state index in [9.17, 15) is 34.1 Å². The lowest BCUT2D eigenvalue weighted by Gasteiger charge is -2.37. The van der Waals surface area contributed by atoms with Crippen LogP contribution in [0, 0.1) is 5.82 Å². The summed E-state index contributed by atoms with van der Waals surface area (Å²) < 4.78 is 28.0. The zero-order valence-electron chi connectivity index (χ0n) is 23.4. The summed E-state index contributed by atoms with van der Waals surface area (Å²) in [5, 5.41) is 53.7. The molecular formula is C27H32BFN6O6S2. The average Bonchev–Trinajstić information content (AvgIpc) is 3.56. The maximum absolute atomic E-state index is 14.6. The van der Waals surface area contributed by atoms with Crippen molar-refractivity contribution in [2.75, 3.05) is 43.5 Å². The molecule has 1 aliphatic rings. The number of halogens is 1. The number of thiazole rings is 1. The molecule has 1 aromatic carbocycles. The zero-order chi connectivity index (χ0) is 30.9. The van der Waals surface area contributed by atoms with Crippen molar-refractivity contribution in [1.82, 2.24) is 24.3 Å². The van der Waals surface area contributed by atoms with Crippen molar-refractivity contribution in [2.45, 2.75) is 31.3 Å². The molecule has 0 unspecified atom stereocenters. The maximum atomic E-state index is 14.6. The predicted molar refractivity (Wildman–Crippen MR) is 162 cm³/mol. The van der Waals surface area contributed by atoms with E-state index in [0.29, 0.717) is 39.9 Å². The van der Waals surface area contributed by atoms with Crippen molar-refractivity contribution in [3.05, 3.63) is 58.3 Å². The van der Waals surface area contributed by atoms with Gasteiger partial charge in [-0.2, -0.15) is 4.90 Å². The van der Waals surface area contributed by atoms with E-state index in [1.54, 1.807) is 29.1 Å². The van der Waals surface area contributed by atoms with E-state index >= 15 is 0 Å². The highest BCUT2D eigenvalue weighted by atomic mass is 32.2. The van der Waals surface area contributed by atoms with Gasteiger partial charge in [0.2, 0.25) is 0 Å². The number of pyridine rings is 1. The van der Waals surface area contributed by atoms with Crippen LogP contribution in [0.4, 0.5) is 10.1 Å². The summed E-state index contributed by atoms with van der Waals surface area (Å²) in [6.07, 6.45) is -0.130. The first-order chi connectivity index (χ1) is 20.3. The van der Waals surface area contributed by atoms with Gasteiger partial charge in [-0.1, -0.05) is 6.07 Å². The first kappa shape index (κ1) is 31.6. The Hall–Kier alpha value is -2.80. The minimum atomic E-state index is -3.63. The Morgan fingerprint density at radius 3 is 2.53 bits per heavy atom. The number of rotatable bonds is 11. The average molecular weight is 631 g/mol. The van der Waals surface area contributed by atoms with Crippen LogP contribution in [0.15, 0.2) is 41.9 Å². The van der Waals surface area contributed by atoms with Crippen LogP contribution in [0.3, 0.4) is 0 Å². The van der Waals surface area contributed by atoms with Gasteiger partial charge < -0.3 is 35.7 Å². The van der Waals surface area contributed by atoms with Crippen LogP contribution in [0.1, 0.15) is 17.0 Å². The van der Waals surface area contributed by atoms with Gasteiger partial charge in [-0.15, -0.1) is 11.3 Å². The second-order valence-electron chi connectivity index (χ2n) is 10.3. The van der Waals surface area contributed by atoms with Gasteiger partial charge in [0.15, 0.2) is 13.7 Å². The van der Waals surface area contributed by atoms with E-state index in [4.69, 9.17) is 12.8 Å². The van der Waals surface area contributed by atoms with E-state index in [1.165, 1.54) is 6.07 Å². The fraction of sp³-hybridized carbons (Fsp3) is 0.407. The highest BCUT2D eigenvalue weighted by Gasteiger charge is 2.41. The molecule has 4 heterocycles. The van der Waals surface area contributed by atoms with E-state index in [0.717, 1.165) is 54.8 Å². The molecular weight excluding hydrogens is 598 g/mol. The summed E-state index contributed by atoms with van der Waals surface area (Å²) in [7, 11) is 6.09. The molecule has 2 radical (unpaired) electrons. The van der Waals surface area contributed by atoms with Crippen LogP contribution in [-0.4, -0.2) is 112 Å². The Morgan fingerprint density at radius 2 is 1.88 bits per heavy atom. The minimum absolute atomic E-state index is 0.0394. The molecule has 4 aromatic rings. The number of anilines is 1. The molecule has 0 spiro atoms. The first-order valence-electron chi connectivity index (χ1n) is 13.5. The van der Waals surface area contributed by atoms with Crippen LogP contribution >= 0.6 is 11.3 Å². The summed E-state index contributed by atoms with van der Waals surface area (Å²) in [6.45, 7) is 1.87. The molecule has 0 aliphatic carbocycles. The number of hydrogen-bond donors (Lipinski definition) is 6. The van der Waals surface area contributed by atoms with Gasteiger partial charge in [0.25, 0.3) is 0 Å². The monoisotopic (exact) mass is 630 g/mol. The quantitative estimate of drug-likeness (QED) is 0.101. The summed E-state index contributed by atoms with van der Waals surface area (Å²) in [4.78, 5) is 11.7. The number of benzene rings is 1. The van der Waals surface area contributed by atoms with Gasteiger partial charge in [0.1, 0.15) is 22.3 Å². The topological polar surface area (TPSA) is 167 Å². The van der Waals surface area contributed by atoms with Gasteiger partial charge in [-0.05, 0) is 49.2 Å². The predicted octanol–water partition coefficient (Wildman–Crippen LogP) is 0.481. The molecule has 43 heavy (non-hydrogen) atoms. The van der Waals surface area contributed by atoms with Crippen molar-refractivity contribution < 1.29 is 34.1 Å². The molecule has 0 amide bonds. The Kier molecular flexibility index (Phi) is 9.32. The number of nitrogens with zero attached hydrogens (tertiary/aromatic N) is 5. The fourth-order valence-electron chi connectivity index (χ4n) is 5.04. The van der Waals surface area contributed by atoms with E-state index in [-0.39, 0.29) is 9.91 Å². The molecule has 0 bridgehead atoms. The number of aromatic nitrogens is 3. The van der Waals surface area contributed by atoms with Crippen molar-refractivity contribution in [2.24, 2.45) is 0 Å². The Bertz CT molecular complexity index is 1600. The molecule has 228 valence electrons. The molecule has 1 aliphatic heterocycles. The second kappa shape index (κ2) is 12.7. The van der Waals surface area contributed by atoms with Crippen molar-refractivity contribution in [3.63, 3.8) is 0 Å². The summed E-state index contributed by atoms with van der Waals surface area (Å²) in [5.41, 5.74) is 3.06. The maximum Gasteiger partial charge on any atom is 0.349 e. The van der Waals surface area contributed by atoms with Crippen LogP contribution in [0.5, 0.6) is 0 Å². The fourth-order valence-corrected chi connectivity index (χ4v) is 6.92. The Morgan fingerprint density at radius 1 is 1.14 bits per heavy atom. The van der Waals surface area contributed by atoms with Gasteiger partial charge in [0.05, 0.1) is 17.9 Å². The zero-order valence-corrected chi connectivity index (χ0v) is 25.0. The molecule has 0 atom stereocenters. The number of fused-ring (bicyclic) bond motifs is 1. The van der Waals surface area contributed by atoms with Crippen molar-refractivity contribution >= 4 is 46.7 Å². The van der Waals surface area contributed by atoms with Crippen LogP contribution < -0.4 is 5.32 Å². The largest absolute Gasteiger partial charge is 0.386 e. The third-order valence-electron chi connectivity index (χ3n) is 7.30. The molecule has 3 aromatic heterocycles. The SMILES string of the molecule is [B]C(O)(O)N(Cc1nc(-n2cc(CCCN3CCS(=O)CC3)c3ccc(-c4ccc(NC)c(F)c4)nc32)cs1)C(O)(O)O.